The van der Waals surface area contributed by atoms with E-state index in [1.807, 2.05) is 41.0 Å². The maximum Gasteiger partial charge on any atom is 0.234 e. The molecule has 10 heteroatoms. The molecule has 178 valence electrons. The van der Waals surface area contributed by atoms with E-state index in [4.69, 9.17) is 4.74 Å². The maximum atomic E-state index is 13.5. The van der Waals surface area contributed by atoms with Gasteiger partial charge in [-0.2, -0.15) is 0 Å². The minimum Gasteiger partial charge on any atom is -0.378 e. The Morgan fingerprint density at radius 3 is 2.34 bits per heavy atom. The van der Waals surface area contributed by atoms with Gasteiger partial charge in [0.25, 0.3) is 0 Å². The molecule has 1 N–H and O–H groups in total. The molecule has 1 aliphatic heterocycles. The van der Waals surface area contributed by atoms with Gasteiger partial charge >= 0.3 is 0 Å². The number of aromatic nitrogens is 4. The fourth-order valence-corrected chi connectivity index (χ4v) is 4.53. The molecule has 2 aromatic heterocycles. The number of anilines is 2. The predicted molar refractivity (Wildman–Crippen MR) is 133 cm³/mol. The van der Waals surface area contributed by atoms with E-state index in [1.54, 1.807) is 24.5 Å². The SMILES string of the molecule is O=C(CSc1nnc(-c2ccncc2)n1-c1ccc(F)cc1)Nc1ccc(N2CCOCC2)cc1. The monoisotopic (exact) mass is 490 g/mol. The average molecular weight is 491 g/mol. The highest BCUT2D eigenvalue weighted by molar-refractivity contribution is 7.99. The van der Waals surface area contributed by atoms with E-state index in [0.717, 1.165) is 43.2 Å². The van der Waals surface area contributed by atoms with E-state index >= 15 is 0 Å². The Bertz CT molecular complexity index is 1280. The molecule has 35 heavy (non-hydrogen) atoms. The summed E-state index contributed by atoms with van der Waals surface area (Å²) in [6, 6.07) is 17.5. The highest BCUT2D eigenvalue weighted by Gasteiger charge is 2.18. The molecule has 1 saturated heterocycles. The highest BCUT2D eigenvalue weighted by Crippen LogP contribution is 2.28. The van der Waals surface area contributed by atoms with Crippen molar-refractivity contribution in [2.24, 2.45) is 0 Å². The number of carbonyl (C=O) groups excluding carboxylic acids is 1. The van der Waals surface area contributed by atoms with Crippen LogP contribution < -0.4 is 10.2 Å². The molecule has 0 spiro atoms. The molecule has 0 saturated carbocycles. The molecule has 0 atom stereocenters. The fourth-order valence-electron chi connectivity index (χ4n) is 3.78. The summed E-state index contributed by atoms with van der Waals surface area (Å²) in [4.78, 5) is 19.0. The number of halogens is 1. The quantitative estimate of drug-likeness (QED) is 0.392. The van der Waals surface area contributed by atoms with E-state index < -0.39 is 0 Å². The number of hydrogen-bond donors (Lipinski definition) is 1. The average Bonchev–Trinajstić information content (AvgIpc) is 3.33. The van der Waals surface area contributed by atoms with Crippen molar-refractivity contribution in [3.63, 3.8) is 0 Å². The highest BCUT2D eigenvalue weighted by atomic mass is 32.2. The Labute approximate surface area is 206 Å². The van der Waals surface area contributed by atoms with Gasteiger partial charge in [-0.25, -0.2) is 4.39 Å². The number of rotatable bonds is 7. The number of ether oxygens (including phenoxy) is 1. The number of carbonyl (C=O) groups is 1. The lowest BCUT2D eigenvalue weighted by Gasteiger charge is -2.28. The van der Waals surface area contributed by atoms with Crippen LogP contribution in [0.25, 0.3) is 17.1 Å². The maximum absolute atomic E-state index is 13.5. The summed E-state index contributed by atoms with van der Waals surface area (Å²) in [6.07, 6.45) is 3.34. The zero-order valence-electron chi connectivity index (χ0n) is 18.8. The van der Waals surface area contributed by atoms with Gasteiger partial charge < -0.3 is 15.0 Å². The number of thioether (sulfide) groups is 1. The summed E-state index contributed by atoms with van der Waals surface area (Å²) in [7, 11) is 0. The van der Waals surface area contributed by atoms with Gasteiger partial charge in [0.2, 0.25) is 5.91 Å². The molecule has 3 heterocycles. The van der Waals surface area contributed by atoms with Crippen molar-refractivity contribution >= 4 is 29.0 Å². The van der Waals surface area contributed by atoms with Crippen LogP contribution in [-0.4, -0.2) is 57.7 Å². The number of hydrogen-bond acceptors (Lipinski definition) is 7. The van der Waals surface area contributed by atoms with Gasteiger partial charge in [-0.05, 0) is 60.7 Å². The lowest BCUT2D eigenvalue weighted by atomic mass is 10.2. The standard InChI is InChI=1S/C25H23FN6O2S/c26-19-1-5-22(6-2-19)32-24(18-9-11-27-12-10-18)29-30-25(32)35-17-23(33)28-20-3-7-21(8-4-20)31-13-15-34-16-14-31/h1-12H,13-17H2,(H,28,33). The normalized spacial score (nSPS) is 13.6. The fraction of sp³-hybridized carbons (Fsp3) is 0.200. The first-order valence-corrected chi connectivity index (χ1v) is 12.1. The predicted octanol–water partition coefficient (Wildman–Crippen LogP) is 4.04. The molecule has 5 rings (SSSR count). The van der Waals surface area contributed by atoms with Crippen molar-refractivity contribution in [2.45, 2.75) is 5.16 Å². The number of pyridine rings is 1. The Morgan fingerprint density at radius 1 is 0.943 bits per heavy atom. The lowest BCUT2D eigenvalue weighted by Crippen LogP contribution is -2.36. The zero-order valence-corrected chi connectivity index (χ0v) is 19.6. The minimum atomic E-state index is -0.333. The van der Waals surface area contributed by atoms with E-state index in [0.29, 0.717) is 16.7 Å². The molecule has 0 radical (unpaired) electrons. The van der Waals surface area contributed by atoms with Gasteiger partial charge in [-0.15, -0.1) is 10.2 Å². The van der Waals surface area contributed by atoms with Crippen LogP contribution >= 0.6 is 11.8 Å². The number of morpholine rings is 1. The lowest BCUT2D eigenvalue weighted by molar-refractivity contribution is -0.113. The van der Waals surface area contributed by atoms with Crippen LogP contribution in [0.5, 0.6) is 0 Å². The summed E-state index contributed by atoms with van der Waals surface area (Å²) in [5, 5.41) is 12.1. The van der Waals surface area contributed by atoms with Crippen LogP contribution in [0.3, 0.4) is 0 Å². The molecule has 1 amide bonds. The third kappa shape index (κ3) is 5.50. The van der Waals surface area contributed by atoms with Crippen molar-refractivity contribution < 1.29 is 13.9 Å². The first-order valence-electron chi connectivity index (χ1n) is 11.1. The van der Waals surface area contributed by atoms with E-state index in [-0.39, 0.29) is 17.5 Å². The number of nitrogens with zero attached hydrogens (tertiary/aromatic N) is 5. The molecule has 1 fully saturated rings. The molecular weight excluding hydrogens is 467 g/mol. The summed E-state index contributed by atoms with van der Waals surface area (Å²) >= 11 is 1.26. The zero-order chi connectivity index (χ0) is 24.0. The van der Waals surface area contributed by atoms with Gasteiger partial charge in [0.1, 0.15) is 5.82 Å². The molecule has 8 nitrogen and oxygen atoms in total. The molecule has 1 aliphatic rings. The second-order valence-corrected chi connectivity index (χ2v) is 8.78. The minimum absolute atomic E-state index is 0.140. The first kappa shape index (κ1) is 23.0. The van der Waals surface area contributed by atoms with Crippen molar-refractivity contribution in [2.75, 3.05) is 42.3 Å². The number of nitrogens with one attached hydrogen (secondary N) is 1. The van der Waals surface area contributed by atoms with Gasteiger partial charge in [-0.1, -0.05) is 11.8 Å². The van der Waals surface area contributed by atoms with E-state index in [2.05, 4.69) is 25.4 Å². The summed E-state index contributed by atoms with van der Waals surface area (Å²) < 4.78 is 20.7. The van der Waals surface area contributed by atoms with Crippen LogP contribution in [-0.2, 0) is 9.53 Å². The second-order valence-electron chi connectivity index (χ2n) is 7.84. The summed E-state index contributed by atoms with van der Waals surface area (Å²) in [5.74, 6) is 0.232. The Kier molecular flexibility index (Phi) is 7.01. The molecule has 2 aromatic carbocycles. The molecular formula is C25H23FN6O2S. The molecule has 0 bridgehead atoms. The third-order valence-electron chi connectivity index (χ3n) is 5.52. The molecule has 0 aliphatic carbocycles. The van der Waals surface area contributed by atoms with Crippen molar-refractivity contribution in [3.8, 4) is 17.1 Å². The number of amides is 1. The van der Waals surface area contributed by atoms with Gasteiger partial charge in [0.15, 0.2) is 11.0 Å². The Morgan fingerprint density at radius 2 is 1.63 bits per heavy atom. The number of benzene rings is 2. The smallest absolute Gasteiger partial charge is 0.234 e. The van der Waals surface area contributed by atoms with Gasteiger partial charge in [0.05, 0.1) is 19.0 Å². The molecule has 4 aromatic rings. The second kappa shape index (κ2) is 10.7. The first-order chi connectivity index (χ1) is 17.2. The largest absolute Gasteiger partial charge is 0.378 e. The van der Waals surface area contributed by atoms with Crippen molar-refractivity contribution in [1.82, 2.24) is 19.7 Å². The van der Waals surface area contributed by atoms with Crippen LogP contribution in [0, 0.1) is 5.82 Å². The van der Waals surface area contributed by atoms with Gasteiger partial charge in [-0.3, -0.25) is 14.3 Å². The summed E-state index contributed by atoms with van der Waals surface area (Å²) in [6.45, 7) is 3.17. The Balaban J connectivity index is 1.29. The van der Waals surface area contributed by atoms with Crippen LogP contribution in [0.2, 0.25) is 0 Å². The van der Waals surface area contributed by atoms with Crippen molar-refractivity contribution in [3.05, 3.63) is 78.9 Å². The summed E-state index contributed by atoms with van der Waals surface area (Å²) in [5.41, 5.74) is 3.35. The Hall–Kier alpha value is -3.76. The van der Waals surface area contributed by atoms with Crippen LogP contribution in [0.15, 0.2) is 78.2 Å². The molecule has 0 unspecified atom stereocenters. The topological polar surface area (TPSA) is 85.2 Å². The van der Waals surface area contributed by atoms with Gasteiger partial charge in [0, 0.05) is 48.1 Å². The van der Waals surface area contributed by atoms with Crippen molar-refractivity contribution in [1.29, 1.82) is 0 Å². The van der Waals surface area contributed by atoms with Crippen LogP contribution in [0.1, 0.15) is 0 Å². The van der Waals surface area contributed by atoms with E-state index in [9.17, 15) is 9.18 Å². The van der Waals surface area contributed by atoms with Crippen LogP contribution in [0.4, 0.5) is 15.8 Å². The van der Waals surface area contributed by atoms with E-state index in [1.165, 1.54) is 23.9 Å². The third-order valence-corrected chi connectivity index (χ3v) is 6.45.